The number of alkyl halides is 3. The number of nitrogens with one attached hydrogen (secondary N) is 1. The zero-order valence-electron chi connectivity index (χ0n) is 19.1. The van der Waals surface area contributed by atoms with Gasteiger partial charge >= 0.3 is 6.18 Å². The van der Waals surface area contributed by atoms with Crippen molar-refractivity contribution >= 4 is 0 Å². The second kappa shape index (κ2) is 9.56. The van der Waals surface area contributed by atoms with Gasteiger partial charge in [-0.3, -0.25) is 9.69 Å². The van der Waals surface area contributed by atoms with Crippen LogP contribution < -0.4 is 5.56 Å². The summed E-state index contributed by atoms with van der Waals surface area (Å²) in [5.74, 6) is 0. The maximum absolute atomic E-state index is 14.1. The van der Waals surface area contributed by atoms with Crippen LogP contribution >= 0.6 is 0 Å². The molecule has 174 valence electrons. The average molecular weight is 455 g/mol. The van der Waals surface area contributed by atoms with Gasteiger partial charge in [-0.15, -0.1) is 0 Å². The van der Waals surface area contributed by atoms with E-state index in [1.165, 1.54) is 26.2 Å². The Labute approximate surface area is 192 Å². The molecule has 0 aliphatic carbocycles. The number of piperidine rings is 1. The number of halogens is 3. The summed E-state index contributed by atoms with van der Waals surface area (Å²) in [4.78, 5) is 17.6. The van der Waals surface area contributed by atoms with Crippen LogP contribution in [0.2, 0.25) is 0 Å². The number of likely N-dealkylation sites (tertiary alicyclic amines) is 1. The molecule has 0 unspecified atom stereocenters. The van der Waals surface area contributed by atoms with Gasteiger partial charge in [-0.2, -0.15) is 13.2 Å². The van der Waals surface area contributed by atoms with Crippen molar-refractivity contribution in [2.45, 2.75) is 52.3 Å². The molecule has 1 saturated heterocycles. The van der Waals surface area contributed by atoms with Gasteiger partial charge in [0.1, 0.15) is 0 Å². The minimum atomic E-state index is -4.62. The third-order valence-corrected chi connectivity index (χ3v) is 6.41. The number of rotatable bonds is 5. The molecule has 2 heterocycles. The van der Waals surface area contributed by atoms with E-state index in [2.05, 4.69) is 9.88 Å². The lowest BCUT2D eigenvalue weighted by Gasteiger charge is -2.26. The molecule has 33 heavy (non-hydrogen) atoms. The summed E-state index contributed by atoms with van der Waals surface area (Å²) in [7, 11) is 0. The third kappa shape index (κ3) is 5.38. The van der Waals surface area contributed by atoms with Gasteiger partial charge in [-0.05, 0) is 68.1 Å². The van der Waals surface area contributed by atoms with E-state index in [1.807, 2.05) is 37.3 Å². The van der Waals surface area contributed by atoms with E-state index >= 15 is 0 Å². The van der Waals surface area contributed by atoms with E-state index in [-0.39, 0.29) is 23.2 Å². The van der Waals surface area contributed by atoms with E-state index in [9.17, 15) is 18.0 Å². The molecule has 2 aromatic carbocycles. The Morgan fingerprint density at radius 2 is 1.61 bits per heavy atom. The maximum atomic E-state index is 14.1. The van der Waals surface area contributed by atoms with E-state index in [0.717, 1.165) is 36.3 Å². The zero-order chi connectivity index (χ0) is 23.6. The highest BCUT2D eigenvalue weighted by Crippen LogP contribution is 2.38. The number of hydrogen-bond acceptors (Lipinski definition) is 2. The normalized spacial score (nSPS) is 15.1. The van der Waals surface area contributed by atoms with Crippen molar-refractivity contribution in [3.63, 3.8) is 0 Å². The number of pyridine rings is 1. The van der Waals surface area contributed by atoms with Crippen molar-refractivity contribution in [1.82, 2.24) is 9.88 Å². The summed E-state index contributed by atoms with van der Waals surface area (Å²) < 4.78 is 42.4. The first-order chi connectivity index (χ1) is 15.7. The van der Waals surface area contributed by atoms with Crippen molar-refractivity contribution in [3.8, 4) is 11.3 Å². The Balaban J connectivity index is 1.72. The molecule has 3 aromatic rings. The Hall–Kier alpha value is -2.86. The molecule has 1 aliphatic rings. The first-order valence-electron chi connectivity index (χ1n) is 11.4. The molecule has 0 bridgehead atoms. The lowest BCUT2D eigenvalue weighted by Crippen LogP contribution is -2.29. The van der Waals surface area contributed by atoms with Crippen molar-refractivity contribution in [2.75, 3.05) is 13.1 Å². The number of aromatic amines is 1. The van der Waals surface area contributed by atoms with Crippen LogP contribution in [0.4, 0.5) is 13.2 Å². The molecular weight excluding hydrogens is 425 g/mol. The van der Waals surface area contributed by atoms with Crippen molar-refractivity contribution in [2.24, 2.45) is 0 Å². The summed E-state index contributed by atoms with van der Waals surface area (Å²) in [5.41, 5.74) is 1.93. The largest absolute Gasteiger partial charge is 0.417 e. The van der Waals surface area contributed by atoms with Crippen LogP contribution in [-0.2, 0) is 19.1 Å². The van der Waals surface area contributed by atoms with Crippen LogP contribution in [-0.4, -0.2) is 23.0 Å². The Morgan fingerprint density at radius 3 is 2.24 bits per heavy atom. The second-order valence-corrected chi connectivity index (χ2v) is 9.00. The minimum Gasteiger partial charge on any atom is -0.321 e. The van der Waals surface area contributed by atoms with Gasteiger partial charge in [-0.25, -0.2) is 0 Å². The smallest absolute Gasteiger partial charge is 0.321 e. The molecule has 3 nitrogen and oxygen atoms in total. The quantitative estimate of drug-likeness (QED) is 0.494. The summed E-state index contributed by atoms with van der Waals surface area (Å²) in [5, 5.41) is 0. The van der Waals surface area contributed by atoms with E-state index in [0.29, 0.717) is 5.56 Å². The molecule has 1 N–H and O–H groups in total. The van der Waals surface area contributed by atoms with Crippen LogP contribution in [0.15, 0.2) is 53.3 Å². The van der Waals surface area contributed by atoms with Gasteiger partial charge in [-0.1, -0.05) is 54.4 Å². The predicted octanol–water partition coefficient (Wildman–Crippen LogP) is 6.25. The topological polar surface area (TPSA) is 36.1 Å². The van der Waals surface area contributed by atoms with Gasteiger partial charge in [0.15, 0.2) is 0 Å². The Kier molecular flexibility index (Phi) is 6.75. The van der Waals surface area contributed by atoms with Crippen LogP contribution in [0.3, 0.4) is 0 Å². The van der Waals surface area contributed by atoms with E-state index in [4.69, 9.17) is 0 Å². The van der Waals surface area contributed by atoms with Crippen LogP contribution in [0.5, 0.6) is 0 Å². The molecular formula is C27H29F3N2O. The van der Waals surface area contributed by atoms with Gasteiger partial charge in [0.05, 0.1) is 11.3 Å². The summed E-state index contributed by atoms with van der Waals surface area (Å²) in [6.45, 7) is 6.16. The molecule has 0 radical (unpaired) electrons. The fourth-order valence-electron chi connectivity index (χ4n) is 4.70. The fourth-order valence-corrected chi connectivity index (χ4v) is 4.70. The SMILES string of the molecule is Cc1cccc(-c2[nH]c(=O)c(C)c(C(F)(F)F)c2Cc2ccc(CN3CCCCC3)cc2)c1. The number of aryl methyl sites for hydroxylation is 1. The number of nitrogens with zero attached hydrogens (tertiary/aromatic N) is 1. The summed E-state index contributed by atoms with van der Waals surface area (Å²) in [6, 6.07) is 15.0. The highest BCUT2D eigenvalue weighted by molar-refractivity contribution is 5.67. The lowest BCUT2D eigenvalue weighted by molar-refractivity contribution is -0.138. The van der Waals surface area contributed by atoms with Crippen molar-refractivity contribution in [1.29, 1.82) is 0 Å². The van der Waals surface area contributed by atoms with Crippen LogP contribution in [0, 0.1) is 13.8 Å². The number of H-pyrrole nitrogens is 1. The van der Waals surface area contributed by atoms with Gasteiger partial charge in [0.2, 0.25) is 0 Å². The van der Waals surface area contributed by atoms with E-state index < -0.39 is 17.3 Å². The summed E-state index contributed by atoms with van der Waals surface area (Å²) >= 11 is 0. The maximum Gasteiger partial charge on any atom is 0.417 e. The predicted molar refractivity (Wildman–Crippen MR) is 125 cm³/mol. The van der Waals surface area contributed by atoms with Gasteiger partial charge in [0.25, 0.3) is 5.56 Å². The molecule has 6 heteroatoms. The first kappa shape index (κ1) is 23.3. The van der Waals surface area contributed by atoms with Crippen molar-refractivity contribution < 1.29 is 13.2 Å². The molecule has 0 atom stereocenters. The number of aromatic nitrogens is 1. The van der Waals surface area contributed by atoms with Gasteiger partial charge in [0, 0.05) is 18.5 Å². The third-order valence-electron chi connectivity index (χ3n) is 6.41. The standard InChI is InChI=1S/C27H29F3N2O/c1-18-7-6-8-22(15-18)25-23(24(27(28,29)30)19(2)26(33)31-25)16-20-9-11-21(12-10-20)17-32-13-4-3-5-14-32/h6-12,15H,3-5,13-14,16-17H2,1-2H3,(H,31,33). The molecule has 0 saturated carbocycles. The molecule has 1 aliphatic heterocycles. The Morgan fingerprint density at radius 1 is 0.939 bits per heavy atom. The number of hydrogen-bond donors (Lipinski definition) is 1. The van der Waals surface area contributed by atoms with Crippen molar-refractivity contribution in [3.05, 3.63) is 92.3 Å². The molecule has 4 rings (SSSR count). The van der Waals surface area contributed by atoms with Crippen LogP contribution in [0.25, 0.3) is 11.3 Å². The highest BCUT2D eigenvalue weighted by Gasteiger charge is 2.37. The molecule has 0 amide bonds. The fraction of sp³-hybridized carbons (Fsp3) is 0.370. The molecule has 0 spiro atoms. The second-order valence-electron chi connectivity index (χ2n) is 9.00. The minimum absolute atomic E-state index is 0.0831. The Bertz CT molecular complexity index is 1170. The monoisotopic (exact) mass is 454 g/mol. The first-order valence-corrected chi connectivity index (χ1v) is 11.4. The van der Waals surface area contributed by atoms with Gasteiger partial charge < -0.3 is 4.98 Å². The highest BCUT2D eigenvalue weighted by atomic mass is 19.4. The molecule has 1 aromatic heterocycles. The van der Waals surface area contributed by atoms with Crippen LogP contribution in [0.1, 0.15) is 52.6 Å². The molecule has 1 fully saturated rings. The lowest BCUT2D eigenvalue weighted by atomic mass is 9.91. The number of benzene rings is 2. The zero-order valence-corrected chi connectivity index (χ0v) is 19.1. The summed E-state index contributed by atoms with van der Waals surface area (Å²) in [6.07, 6.45) is -0.837. The van der Waals surface area contributed by atoms with E-state index in [1.54, 1.807) is 18.2 Å². The average Bonchev–Trinajstić information content (AvgIpc) is 2.77.